The number of methoxy groups -OCH3 is 1. The third kappa shape index (κ3) is 8.35. The number of carboxylic acid groups (broad SMARTS) is 1. The molecule has 7 aliphatic rings. The Kier molecular flexibility index (Phi) is 11.1. The SMILES string of the molecule is COc1ccc2c(O[C@@H]3C[C@H]4C(=O)N[C@]5(C(=O)NS(=O)(=O)C6CC6)C[C@H]5/C=C\CC[C@@H](C)C[C@@H](C)[C@H](N(C(=O)O)C5CC6C[C@H]6C5)C(=O)N4C3)nc(N3CCOCC3)cc2c1. The van der Waals surface area contributed by atoms with Gasteiger partial charge >= 0.3 is 6.09 Å². The Labute approximate surface area is 356 Å². The zero-order valence-electron chi connectivity index (χ0n) is 35.2. The molecule has 4 amide bonds. The largest absolute Gasteiger partial charge is 0.497 e. The molecule has 1 aromatic heterocycles. The van der Waals surface area contributed by atoms with Gasteiger partial charge in [0.05, 0.1) is 32.1 Å². The molecule has 0 bridgehead atoms. The van der Waals surface area contributed by atoms with Crippen molar-refractivity contribution in [2.75, 3.05) is 44.9 Å². The number of allylic oxidation sites excluding steroid dienone is 1. The second kappa shape index (κ2) is 16.2. The predicted molar refractivity (Wildman–Crippen MR) is 225 cm³/mol. The Morgan fingerprint density at radius 1 is 1.03 bits per heavy atom. The molecule has 61 heavy (non-hydrogen) atoms. The Morgan fingerprint density at radius 2 is 1.79 bits per heavy atom. The molecular weight excluding hydrogens is 805 g/mol. The summed E-state index contributed by atoms with van der Waals surface area (Å²) in [5.74, 6) is -0.0404. The van der Waals surface area contributed by atoms with Crippen molar-refractivity contribution in [2.24, 2.45) is 29.6 Å². The van der Waals surface area contributed by atoms with Crippen molar-refractivity contribution in [2.45, 2.75) is 113 Å². The summed E-state index contributed by atoms with van der Waals surface area (Å²) >= 11 is 0. The Balaban J connectivity index is 1.08. The number of nitrogens with one attached hydrogen (secondary N) is 2. The normalized spacial score (nSPS) is 34.5. The molecule has 3 N–H and O–H groups in total. The second-order valence-electron chi connectivity index (χ2n) is 18.7. The van der Waals surface area contributed by atoms with E-state index in [2.05, 4.69) is 21.9 Å². The van der Waals surface area contributed by atoms with E-state index < -0.39 is 68.7 Å². The molecule has 9 rings (SSSR count). The first-order valence-electron chi connectivity index (χ1n) is 22.1. The number of anilines is 1. The molecule has 2 unspecified atom stereocenters. The minimum absolute atomic E-state index is 0.0232. The van der Waals surface area contributed by atoms with Gasteiger partial charge in [0.2, 0.25) is 27.7 Å². The molecule has 330 valence electrons. The number of fused-ring (bicyclic) bond motifs is 4. The number of carbonyl (C=O) groups excluding carboxylic acids is 3. The van der Waals surface area contributed by atoms with E-state index >= 15 is 4.79 Å². The van der Waals surface area contributed by atoms with Crippen molar-refractivity contribution < 1.29 is 46.9 Å². The molecule has 6 fully saturated rings. The summed E-state index contributed by atoms with van der Waals surface area (Å²) in [6.45, 7) is 6.34. The van der Waals surface area contributed by atoms with Crippen molar-refractivity contribution in [1.82, 2.24) is 24.8 Å². The lowest BCUT2D eigenvalue weighted by atomic mass is 9.86. The van der Waals surface area contributed by atoms with E-state index in [1.807, 2.05) is 43.3 Å². The lowest BCUT2D eigenvalue weighted by Gasteiger charge is -2.40. The maximum absolute atomic E-state index is 15.4. The van der Waals surface area contributed by atoms with Crippen LogP contribution in [0.5, 0.6) is 11.6 Å². The highest BCUT2D eigenvalue weighted by molar-refractivity contribution is 7.91. The second-order valence-corrected chi connectivity index (χ2v) is 20.7. The van der Waals surface area contributed by atoms with Crippen molar-refractivity contribution >= 4 is 50.4 Å². The van der Waals surface area contributed by atoms with Gasteiger partial charge in [-0.25, -0.2) is 13.2 Å². The van der Waals surface area contributed by atoms with E-state index in [0.29, 0.717) is 99.5 Å². The topological polar surface area (TPSA) is 197 Å². The van der Waals surface area contributed by atoms with Gasteiger partial charge in [0.25, 0.3) is 5.91 Å². The first kappa shape index (κ1) is 41.7. The first-order chi connectivity index (χ1) is 29.2. The summed E-state index contributed by atoms with van der Waals surface area (Å²) in [7, 11) is -2.33. The van der Waals surface area contributed by atoms with Gasteiger partial charge in [0, 0.05) is 36.9 Å². The molecule has 1 aromatic carbocycles. The van der Waals surface area contributed by atoms with Crippen LogP contribution in [0, 0.1) is 29.6 Å². The number of ether oxygens (including phenoxy) is 3. The summed E-state index contributed by atoms with van der Waals surface area (Å²) in [4.78, 5) is 67.5. The van der Waals surface area contributed by atoms with Crippen LogP contribution in [0.4, 0.5) is 10.6 Å². The van der Waals surface area contributed by atoms with E-state index in [0.717, 1.165) is 18.2 Å². The average molecular weight is 863 g/mol. The first-order valence-corrected chi connectivity index (χ1v) is 23.6. The number of hydrogen-bond acceptors (Lipinski definition) is 11. The quantitative estimate of drug-likeness (QED) is 0.306. The molecule has 3 aliphatic heterocycles. The van der Waals surface area contributed by atoms with Crippen LogP contribution < -0.4 is 24.4 Å². The lowest BCUT2D eigenvalue weighted by molar-refractivity contribution is -0.145. The molecular formula is C44H58N6O10S. The number of pyridine rings is 1. The highest BCUT2D eigenvalue weighted by Crippen LogP contribution is 2.54. The van der Waals surface area contributed by atoms with Gasteiger partial charge in [-0.05, 0) is 111 Å². The minimum Gasteiger partial charge on any atom is -0.497 e. The molecule has 10 atom stereocenters. The molecule has 2 saturated heterocycles. The van der Waals surface area contributed by atoms with Gasteiger partial charge in [-0.1, -0.05) is 26.0 Å². The maximum Gasteiger partial charge on any atom is 0.408 e. The Hall–Kier alpha value is -4.64. The number of aromatic nitrogens is 1. The third-order valence-electron chi connectivity index (χ3n) is 14.3. The number of amides is 4. The maximum atomic E-state index is 15.4. The van der Waals surface area contributed by atoms with Crippen LogP contribution in [0.3, 0.4) is 0 Å². The zero-order chi connectivity index (χ0) is 42.8. The number of hydrogen-bond donors (Lipinski definition) is 3. The number of benzene rings is 1. The molecule has 2 aromatic rings. The smallest absolute Gasteiger partial charge is 0.408 e. The van der Waals surface area contributed by atoms with Crippen LogP contribution in [0.25, 0.3) is 10.8 Å². The van der Waals surface area contributed by atoms with E-state index in [9.17, 15) is 27.9 Å². The fourth-order valence-electron chi connectivity index (χ4n) is 10.6. The van der Waals surface area contributed by atoms with E-state index in [1.165, 1.54) is 9.80 Å². The van der Waals surface area contributed by atoms with Crippen molar-refractivity contribution in [3.8, 4) is 11.6 Å². The highest BCUT2D eigenvalue weighted by atomic mass is 32.2. The van der Waals surface area contributed by atoms with E-state index in [4.69, 9.17) is 19.2 Å². The number of rotatable bonds is 9. The summed E-state index contributed by atoms with van der Waals surface area (Å²) in [6, 6.07) is 5.01. The minimum atomic E-state index is -3.93. The molecule has 4 saturated carbocycles. The monoisotopic (exact) mass is 862 g/mol. The number of nitrogens with zero attached hydrogens (tertiary/aromatic N) is 4. The molecule has 4 aliphatic carbocycles. The van der Waals surface area contributed by atoms with Crippen molar-refractivity contribution in [1.29, 1.82) is 0 Å². The number of carbonyl (C=O) groups is 4. The lowest BCUT2D eigenvalue weighted by Crippen LogP contribution is -2.61. The third-order valence-corrected chi connectivity index (χ3v) is 16.1. The summed E-state index contributed by atoms with van der Waals surface area (Å²) in [5, 5.41) is 14.7. The standard InChI is InChI=1S/C44H58N6O10S/c1-25-6-4-5-7-30-23-44(30,42(53)47-61(56,57)34-9-10-34)46-39(51)36-22-33(24-49(36)41(52)38(26(2)16-25)50(43(54)55)31-18-27-17-28(27)19-31)60-40-35-11-8-32(58-3)20-29(35)21-37(45-40)48-12-14-59-15-13-48/h5,7-8,11,20-21,25-28,30-31,33-34,36,38H,4,6,9-10,12-19,22-24H2,1-3H3,(H,46,51)(H,47,53)(H,54,55)/b7-5-/t25-,26-,27+,28?,30-,31?,33-,36+,38+,44-/m1/s1. The molecule has 0 spiro atoms. The Bertz CT molecular complexity index is 2200. The van der Waals surface area contributed by atoms with Gasteiger partial charge < -0.3 is 34.4 Å². The number of morpholine rings is 1. The van der Waals surface area contributed by atoms with Gasteiger partial charge in [0.15, 0.2) is 0 Å². The molecule has 17 heteroatoms. The summed E-state index contributed by atoms with van der Waals surface area (Å²) in [6.07, 6.45) is 7.60. The van der Waals surface area contributed by atoms with Crippen molar-refractivity contribution in [3.63, 3.8) is 0 Å². The van der Waals surface area contributed by atoms with E-state index in [-0.39, 0.29) is 37.3 Å². The summed E-state index contributed by atoms with van der Waals surface area (Å²) in [5.41, 5.74) is -1.54. The van der Waals surface area contributed by atoms with Gasteiger partial charge in [0.1, 0.15) is 35.3 Å². The van der Waals surface area contributed by atoms with Crippen LogP contribution in [0.15, 0.2) is 36.4 Å². The summed E-state index contributed by atoms with van der Waals surface area (Å²) < 4.78 is 46.2. The fraction of sp³-hybridized carbons (Fsp3) is 0.659. The highest BCUT2D eigenvalue weighted by Gasteiger charge is 2.62. The van der Waals surface area contributed by atoms with E-state index in [1.54, 1.807) is 7.11 Å². The molecule has 0 radical (unpaired) electrons. The average Bonchev–Trinajstić information content (AvgIpc) is 4.20. The van der Waals surface area contributed by atoms with Crippen LogP contribution in [0.2, 0.25) is 0 Å². The van der Waals surface area contributed by atoms with Crippen molar-refractivity contribution in [3.05, 3.63) is 36.4 Å². The Morgan fingerprint density at radius 3 is 2.49 bits per heavy atom. The van der Waals surface area contributed by atoms with Crippen LogP contribution in [-0.2, 0) is 29.1 Å². The van der Waals surface area contributed by atoms with Gasteiger partial charge in [-0.15, -0.1) is 0 Å². The van der Waals surface area contributed by atoms with Gasteiger partial charge in [-0.2, -0.15) is 4.98 Å². The molecule has 4 heterocycles. The predicted octanol–water partition coefficient (Wildman–Crippen LogP) is 4.07. The zero-order valence-corrected chi connectivity index (χ0v) is 36.0. The van der Waals surface area contributed by atoms with Crippen LogP contribution in [-0.4, -0.2) is 127 Å². The molecule has 16 nitrogen and oxygen atoms in total. The van der Waals surface area contributed by atoms with Gasteiger partial charge in [-0.3, -0.25) is 24.0 Å². The number of sulfonamides is 1. The van der Waals surface area contributed by atoms with Crippen LogP contribution in [0.1, 0.15) is 78.1 Å². The fourth-order valence-corrected chi connectivity index (χ4v) is 12.0. The van der Waals surface area contributed by atoms with Crippen LogP contribution >= 0.6 is 0 Å².